The van der Waals surface area contributed by atoms with E-state index in [0.717, 1.165) is 4.46 Å². The standard InChI is InChI=1S/C14H23O6PSe/c1-6-19-21(15,20-7-2)10-22-11-8-12(16-3)14(18-5)13(9-11)17-4/h8-9H,6-7,10H2,1-5H3. The monoisotopic (exact) mass is 398 g/mol. The molecule has 0 unspecified atom stereocenters. The molecule has 0 atom stereocenters. The zero-order valence-corrected chi connectivity index (χ0v) is 16.2. The van der Waals surface area contributed by atoms with Crippen molar-refractivity contribution >= 4 is 27.0 Å². The predicted octanol–water partition coefficient (Wildman–Crippen LogP) is 2.27. The Morgan fingerprint density at radius 2 is 1.45 bits per heavy atom. The third-order valence-electron chi connectivity index (χ3n) is 2.68. The first-order chi connectivity index (χ1) is 10.5. The topological polar surface area (TPSA) is 63.2 Å². The summed E-state index contributed by atoms with van der Waals surface area (Å²) in [6.07, 6.45) is 0. The van der Waals surface area contributed by atoms with E-state index in [-0.39, 0.29) is 15.0 Å². The molecule has 0 saturated carbocycles. The van der Waals surface area contributed by atoms with Crippen LogP contribution in [0.15, 0.2) is 12.1 Å². The Bertz CT molecular complexity index is 487. The summed E-state index contributed by atoms with van der Waals surface area (Å²) in [5.41, 5.74) is 0. The molecular weight excluding hydrogens is 374 g/mol. The molecule has 6 nitrogen and oxygen atoms in total. The molecular formula is C14H23O6PSe. The summed E-state index contributed by atoms with van der Waals surface area (Å²) in [5.74, 6) is 1.71. The second-order valence-electron chi connectivity index (χ2n) is 4.08. The maximum atomic E-state index is 12.5. The van der Waals surface area contributed by atoms with Crippen LogP contribution in [0.2, 0.25) is 0 Å². The van der Waals surface area contributed by atoms with Gasteiger partial charge in [0.1, 0.15) is 0 Å². The van der Waals surface area contributed by atoms with Crippen LogP contribution < -0.4 is 18.7 Å². The van der Waals surface area contributed by atoms with Gasteiger partial charge >= 0.3 is 138 Å². The summed E-state index contributed by atoms with van der Waals surface area (Å²) >= 11 is -0.104. The second-order valence-corrected chi connectivity index (χ2v) is 9.30. The third-order valence-corrected chi connectivity index (χ3v) is 8.42. The van der Waals surface area contributed by atoms with Crippen LogP contribution in [0.3, 0.4) is 0 Å². The minimum absolute atomic E-state index is 0.104. The molecule has 1 aromatic rings. The summed E-state index contributed by atoms with van der Waals surface area (Å²) in [5, 5.41) is 0.361. The molecule has 0 aliphatic carbocycles. The maximum absolute atomic E-state index is 12.5. The summed E-state index contributed by atoms with van der Waals surface area (Å²) < 4.78 is 40.0. The number of hydrogen-bond acceptors (Lipinski definition) is 6. The molecule has 0 N–H and O–H groups in total. The van der Waals surface area contributed by atoms with Crippen LogP contribution in [0.1, 0.15) is 13.8 Å². The molecule has 0 aliphatic rings. The fourth-order valence-electron chi connectivity index (χ4n) is 1.80. The Hall–Kier alpha value is -0.711. The molecule has 0 fully saturated rings. The third kappa shape index (κ3) is 5.18. The van der Waals surface area contributed by atoms with E-state index in [1.165, 1.54) is 0 Å². The van der Waals surface area contributed by atoms with E-state index >= 15 is 0 Å². The number of methoxy groups -OCH3 is 3. The van der Waals surface area contributed by atoms with Crippen LogP contribution in [0.4, 0.5) is 0 Å². The van der Waals surface area contributed by atoms with Gasteiger partial charge in [-0.25, -0.2) is 0 Å². The SMILES string of the molecule is CCOP(=O)(C[Se]c1cc(OC)c(OC)c(OC)c1)OCC. The normalized spacial score (nSPS) is 11.3. The van der Waals surface area contributed by atoms with Gasteiger partial charge in [0.25, 0.3) is 0 Å². The van der Waals surface area contributed by atoms with Gasteiger partial charge in [-0.3, -0.25) is 0 Å². The second kappa shape index (κ2) is 9.43. The molecule has 0 amide bonds. The van der Waals surface area contributed by atoms with Gasteiger partial charge in [-0.15, -0.1) is 0 Å². The van der Waals surface area contributed by atoms with Gasteiger partial charge in [0.2, 0.25) is 0 Å². The van der Waals surface area contributed by atoms with Crippen molar-refractivity contribution in [3.05, 3.63) is 12.1 Å². The van der Waals surface area contributed by atoms with E-state index in [2.05, 4.69) is 0 Å². The Labute approximate surface area is 138 Å². The first-order valence-corrected chi connectivity index (χ1v) is 10.6. The van der Waals surface area contributed by atoms with Crippen LogP contribution in [0.5, 0.6) is 17.2 Å². The fraction of sp³-hybridized carbons (Fsp3) is 0.571. The van der Waals surface area contributed by atoms with E-state index < -0.39 is 7.60 Å². The zero-order chi connectivity index (χ0) is 16.6. The van der Waals surface area contributed by atoms with E-state index in [9.17, 15) is 4.57 Å². The quantitative estimate of drug-likeness (QED) is 0.446. The first-order valence-electron chi connectivity index (χ1n) is 6.84. The molecule has 22 heavy (non-hydrogen) atoms. The zero-order valence-electron chi connectivity index (χ0n) is 13.6. The predicted molar refractivity (Wildman–Crippen MR) is 87.2 cm³/mol. The summed E-state index contributed by atoms with van der Waals surface area (Å²) in [4.78, 5) is 0. The molecule has 0 aromatic heterocycles. The van der Waals surface area contributed by atoms with Gasteiger partial charge in [-0.2, -0.15) is 0 Å². The minimum atomic E-state index is -3.04. The van der Waals surface area contributed by atoms with Crippen molar-refractivity contribution in [2.24, 2.45) is 0 Å². The molecule has 8 heteroatoms. The molecule has 0 bridgehead atoms. The van der Waals surface area contributed by atoms with Crippen LogP contribution in [0, 0.1) is 0 Å². The van der Waals surface area contributed by atoms with E-state index in [1.807, 2.05) is 12.1 Å². The van der Waals surface area contributed by atoms with Crippen molar-refractivity contribution in [1.29, 1.82) is 0 Å². The average molecular weight is 397 g/mol. The van der Waals surface area contributed by atoms with Gasteiger partial charge in [0.15, 0.2) is 0 Å². The Kier molecular flexibility index (Phi) is 8.29. The van der Waals surface area contributed by atoms with Gasteiger partial charge in [-0.05, 0) is 0 Å². The van der Waals surface area contributed by atoms with E-state index in [0.29, 0.717) is 35.5 Å². The Morgan fingerprint density at radius 1 is 0.955 bits per heavy atom. The van der Waals surface area contributed by atoms with Gasteiger partial charge in [0.05, 0.1) is 0 Å². The molecule has 1 rings (SSSR count). The van der Waals surface area contributed by atoms with Gasteiger partial charge < -0.3 is 0 Å². The molecule has 126 valence electrons. The van der Waals surface area contributed by atoms with E-state index in [4.69, 9.17) is 23.3 Å². The van der Waals surface area contributed by atoms with Crippen LogP contribution >= 0.6 is 7.60 Å². The number of rotatable bonds is 10. The van der Waals surface area contributed by atoms with Crippen LogP contribution in [-0.2, 0) is 13.6 Å². The van der Waals surface area contributed by atoms with Crippen LogP contribution in [0.25, 0.3) is 0 Å². The summed E-state index contributed by atoms with van der Waals surface area (Å²) in [6, 6.07) is 3.73. The molecule has 0 saturated heterocycles. The van der Waals surface area contributed by atoms with Crippen LogP contribution in [-0.4, -0.2) is 54.6 Å². The fourth-order valence-corrected chi connectivity index (χ4v) is 6.79. The van der Waals surface area contributed by atoms with Crippen molar-refractivity contribution < 1.29 is 27.8 Å². The van der Waals surface area contributed by atoms with Crippen molar-refractivity contribution in [3.8, 4) is 17.2 Å². The van der Waals surface area contributed by atoms with Crippen molar-refractivity contribution in [2.75, 3.05) is 39.6 Å². The molecule has 0 spiro atoms. The molecule has 0 aliphatic heterocycles. The number of hydrogen-bond donors (Lipinski definition) is 0. The molecule has 0 heterocycles. The average Bonchev–Trinajstić information content (AvgIpc) is 2.52. The first kappa shape index (κ1) is 19.3. The van der Waals surface area contributed by atoms with Crippen molar-refractivity contribution in [1.82, 2.24) is 0 Å². The van der Waals surface area contributed by atoms with Gasteiger partial charge in [-0.1, -0.05) is 0 Å². The Morgan fingerprint density at radius 3 is 1.82 bits per heavy atom. The van der Waals surface area contributed by atoms with E-state index in [1.54, 1.807) is 35.2 Å². The molecule has 0 radical (unpaired) electrons. The summed E-state index contributed by atoms with van der Waals surface area (Å²) in [6.45, 7) is 4.33. The number of ether oxygens (including phenoxy) is 3. The molecule has 1 aromatic carbocycles. The Balaban J connectivity index is 2.95. The summed E-state index contributed by atoms with van der Waals surface area (Å²) in [7, 11) is 1.66. The van der Waals surface area contributed by atoms with Gasteiger partial charge in [0, 0.05) is 0 Å². The van der Waals surface area contributed by atoms with Crippen molar-refractivity contribution in [3.63, 3.8) is 0 Å². The van der Waals surface area contributed by atoms with Crippen molar-refractivity contribution in [2.45, 2.75) is 13.8 Å². The number of benzene rings is 1.